The number of rotatable bonds is 23. The van der Waals surface area contributed by atoms with Crippen molar-refractivity contribution in [2.75, 3.05) is 44.6 Å². The first-order chi connectivity index (χ1) is 32.0. The lowest BCUT2D eigenvalue weighted by atomic mass is 9.76. The zero-order valence-electron chi connectivity index (χ0n) is 41.3. The molecular formula is C50H70ClN2O13S3+. The van der Waals surface area contributed by atoms with Crippen LogP contribution in [0.5, 0.6) is 0 Å². The highest BCUT2D eigenvalue weighted by Gasteiger charge is 2.50. The smallest absolute Gasteiger partial charge is 0.303 e. The van der Waals surface area contributed by atoms with E-state index < -0.39 is 64.0 Å². The maximum absolute atomic E-state index is 13.1. The number of hydrogen-bond donors (Lipinski definition) is 3. The first-order valence-corrected chi connectivity index (χ1v) is 28.1. The molecule has 0 saturated heterocycles. The molecule has 3 N–H and O–H groups in total. The fraction of sp³-hybridized carbons (Fsp3) is 0.560. The molecule has 0 aromatic heterocycles. The lowest BCUT2D eigenvalue weighted by molar-refractivity contribution is -0.438. The van der Waals surface area contributed by atoms with E-state index in [1.165, 1.54) is 18.2 Å². The monoisotopic (exact) mass is 1040 g/mol. The second-order valence-corrected chi connectivity index (χ2v) is 25.2. The molecule has 0 spiro atoms. The van der Waals surface area contributed by atoms with Crippen LogP contribution in [0.25, 0.3) is 0 Å². The molecule has 1 aliphatic carbocycles. The highest BCUT2D eigenvalue weighted by atomic mass is 35.5. The largest absolute Gasteiger partial charge is 0.481 e. The van der Waals surface area contributed by atoms with Gasteiger partial charge in [-0.25, -0.2) is 0 Å². The standard InChI is InChI=1S/C50H69ClN2O13S3/c1-47(2,3)66-31-27-48(4,5)53-42-23-21-38(69(62,63)65-9)34-40(42)49(6,26-14-32-67(56,57)58)44(53)25-19-36-16-13-15-35(46(36)51)18-24-43-50(7,28-30-64-8)39-33-37(68(59,60)61)20-22-41(39)52(43)29-12-10-11-17-45(54)55/h18-25,33-34H,10-17,26-32H2,1-9H3,(H2-,54,55,56,57,58,59,60,61)/p+1. The number of nitrogens with zero attached hydrogens (tertiary/aromatic N) is 2. The van der Waals surface area contributed by atoms with E-state index in [4.69, 9.17) is 25.3 Å². The fourth-order valence-electron chi connectivity index (χ4n) is 9.71. The maximum Gasteiger partial charge on any atom is 0.303 e. The van der Waals surface area contributed by atoms with E-state index in [-0.39, 0.29) is 29.1 Å². The van der Waals surface area contributed by atoms with E-state index in [0.717, 1.165) is 47.5 Å². The number of hydrogen-bond acceptors (Lipinski definition) is 11. The average molecular weight is 1040 g/mol. The normalized spacial score (nSPS) is 21.6. The van der Waals surface area contributed by atoms with Crippen molar-refractivity contribution in [3.63, 3.8) is 0 Å². The number of unbranched alkanes of at least 4 members (excludes halogenated alkanes) is 2. The molecular weight excluding hydrogens is 968 g/mol. The van der Waals surface area contributed by atoms with Gasteiger partial charge >= 0.3 is 5.97 Å². The summed E-state index contributed by atoms with van der Waals surface area (Å²) < 4.78 is 114. The Morgan fingerprint density at radius 2 is 1.52 bits per heavy atom. The number of benzene rings is 2. The molecule has 15 nitrogen and oxygen atoms in total. The van der Waals surface area contributed by atoms with Crippen molar-refractivity contribution in [2.45, 2.75) is 151 Å². The van der Waals surface area contributed by atoms with Crippen molar-refractivity contribution >= 4 is 65.0 Å². The summed E-state index contributed by atoms with van der Waals surface area (Å²) in [5.41, 5.74) is 3.47. The minimum Gasteiger partial charge on any atom is -0.481 e. The van der Waals surface area contributed by atoms with Crippen molar-refractivity contribution < 1.29 is 62.5 Å². The molecule has 0 fully saturated rings. The first-order valence-electron chi connectivity index (χ1n) is 23.3. The zero-order valence-corrected chi connectivity index (χ0v) is 44.5. The van der Waals surface area contributed by atoms with E-state index in [1.807, 2.05) is 58.9 Å². The van der Waals surface area contributed by atoms with Crippen molar-refractivity contribution in [1.82, 2.24) is 0 Å². The van der Waals surface area contributed by atoms with Crippen LogP contribution in [0.2, 0.25) is 0 Å². The molecule has 3 aliphatic rings. The van der Waals surface area contributed by atoms with E-state index >= 15 is 0 Å². The number of allylic oxidation sites excluding steroid dienone is 8. The van der Waals surface area contributed by atoms with Crippen LogP contribution >= 0.6 is 11.6 Å². The zero-order chi connectivity index (χ0) is 51.4. The quantitative estimate of drug-likeness (QED) is 0.0409. The van der Waals surface area contributed by atoms with Crippen LogP contribution in [0.3, 0.4) is 0 Å². The van der Waals surface area contributed by atoms with Crippen LogP contribution in [0.4, 0.5) is 11.4 Å². The molecule has 2 unspecified atom stereocenters. The predicted octanol–water partition coefficient (Wildman–Crippen LogP) is 9.78. The van der Waals surface area contributed by atoms with Gasteiger partial charge in [0.25, 0.3) is 30.4 Å². The van der Waals surface area contributed by atoms with Crippen LogP contribution in [-0.4, -0.2) is 107 Å². The summed E-state index contributed by atoms with van der Waals surface area (Å²) in [6.45, 7) is 15.3. The lowest BCUT2D eigenvalue weighted by Crippen LogP contribution is -2.45. The summed E-state index contributed by atoms with van der Waals surface area (Å²) in [5, 5.41) is 9.77. The summed E-state index contributed by atoms with van der Waals surface area (Å²) in [6.07, 6.45) is 13.2. The molecule has 5 rings (SSSR count). The minimum absolute atomic E-state index is 0.0509. The Kier molecular flexibility index (Phi) is 17.9. The predicted molar refractivity (Wildman–Crippen MR) is 269 cm³/mol. The third kappa shape index (κ3) is 13.4. The van der Waals surface area contributed by atoms with Gasteiger partial charge in [-0.2, -0.15) is 29.8 Å². The summed E-state index contributed by atoms with van der Waals surface area (Å²) >= 11 is 7.37. The van der Waals surface area contributed by atoms with Crippen LogP contribution in [-0.2, 0) is 59.6 Å². The maximum atomic E-state index is 13.1. The summed E-state index contributed by atoms with van der Waals surface area (Å²) in [6, 6.07) is 9.42. The van der Waals surface area contributed by atoms with E-state index in [9.17, 15) is 44.3 Å². The van der Waals surface area contributed by atoms with Crippen molar-refractivity contribution in [2.24, 2.45) is 0 Å². The number of methoxy groups -OCH3 is 1. The first kappa shape index (κ1) is 56.2. The number of halogens is 1. The minimum atomic E-state index is -4.52. The SMILES string of the molecule is COCCC1(C)C(C=CC2=C(Cl)C(=CC=C3N(C(C)(C)CCOC(C)(C)C)c4ccc(S(=O)(=O)OC)cc4C3(C)CCCS(=O)(=O)O)CCC2)=[N+](CCCCCC(=O)O)c2ccc(S(=O)(=O)O)cc21. The Bertz CT molecular complexity index is 2770. The highest BCUT2D eigenvalue weighted by Crippen LogP contribution is 2.55. The molecule has 0 amide bonds. The second kappa shape index (κ2) is 22.0. The molecule has 2 heterocycles. The molecule has 19 heteroatoms. The van der Waals surface area contributed by atoms with Gasteiger partial charge in [-0.3, -0.25) is 18.1 Å². The average Bonchev–Trinajstić information content (AvgIpc) is 3.63. The van der Waals surface area contributed by atoms with Gasteiger partial charge in [0.1, 0.15) is 6.54 Å². The summed E-state index contributed by atoms with van der Waals surface area (Å²) in [4.78, 5) is 13.1. The van der Waals surface area contributed by atoms with Gasteiger partial charge < -0.3 is 19.5 Å². The Balaban J connectivity index is 1.66. The van der Waals surface area contributed by atoms with Crippen molar-refractivity contribution in [3.05, 3.63) is 93.7 Å². The Morgan fingerprint density at radius 3 is 2.14 bits per heavy atom. The van der Waals surface area contributed by atoms with Gasteiger partial charge in [0.2, 0.25) is 5.69 Å². The molecule has 0 saturated carbocycles. The number of ether oxygens (including phenoxy) is 2. The Morgan fingerprint density at radius 1 is 0.841 bits per heavy atom. The molecule has 2 aromatic rings. The second-order valence-electron chi connectivity index (χ2n) is 20.1. The van der Waals surface area contributed by atoms with Gasteiger partial charge in [0, 0.05) is 78.2 Å². The Labute approximate surface area is 414 Å². The molecule has 2 atom stereocenters. The van der Waals surface area contributed by atoms with Crippen LogP contribution in [0.1, 0.15) is 130 Å². The van der Waals surface area contributed by atoms with Crippen LogP contribution < -0.4 is 4.90 Å². The van der Waals surface area contributed by atoms with E-state index in [0.29, 0.717) is 80.9 Å². The Hall–Kier alpha value is -3.72. The molecule has 0 radical (unpaired) electrons. The topological polar surface area (TPSA) is 214 Å². The highest BCUT2D eigenvalue weighted by molar-refractivity contribution is 7.86. The van der Waals surface area contributed by atoms with E-state index in [2.05, 4.69) is 23.3 Å². The molecule has 69 heavy (non-hydrogen) atoms. The van der Waals surface area contributed by atoms with Gasteiger partial charge in [-0.15, -0.1) is 0 Å². The number of anilines is 1. The van der Waals surface area contributed by atoms with E-state index in [1.54, 1.807) is 25.3 Å². The number of carbonyl (C=O) groups is 1. The fourth-order valence-corrected chi connectivity index (χ4v) is 11.7. The molecule has 0 bridgehead atoms. The number of carboxylic acids is 1. The third-order valence-electron chi connectivity index (χ3n) is 13.5. The summed E-state index contributed by atoms with van der Waals surface area (Å²) in [7, 11) is -10.3. The lowest BCUT2D eigenvalue weighted by Gasteiger charge is -2.42. The molecule has 2 aromatic carbocycles. The van der Waals surface area contributed by atoms with Gasteiger partial charge in [-0.1, -0.05) is 23.8 Å². The molecule has 2 aliphatic heterocycles. The van der Waals surface area contributed by atoms with Gasteiger partial charge in [0.15, 0.2) is 5.71 Å². The number of fused-ring (bicyclic) bond motifs is 2. The van der Waals surface area contributed by atoms with Crippen LogP contribution in [0, 0.1) is 0 Å². The van der Waals surface area contributed by atoms with Crippen molar-refractivity contribution in [1.29, 1.82) is 0 Å². The molecule has 382 valence electrons. The van der Waals surface area contributed by atoms with Gasteiger partial charge in [0.05, 0.1) is 33.7 Å². The number of aliphatic carboxylic acids is 1. The van der Waals surface area contributed by atoms with Gasteiger partial charge in [-0.05, 0) is 159 Å². The van der Waals surface area contributed by atoms with Crippen LogP contribution in [0.15, 0.2) is 92.4 Å². The third-order valence-corrected chi connectivity index (χ3v) is 16.9. The number of carboxylic acid groups (broad SMARTS) is 1. The summed E-state index contributed by atoms with van der Waals surface area (Å²) in [5.74, 6) is -1.35. The van der Waals surface area contributed by atoms with Crippen molar-refractivity contribution in [3.8, 4) is 0 Å².